The number of nitrogen functional groups attached to an aromatic ring is 1. The second-order valence-electron chi connectivity index (χ2n) is 2.93. The maximum absolute atomic E-state index is 5.53. The third-order valence-electron chi connectivity index (χ3n) is 1.77. The molecule has 0 unspecified atom stereocenters. The zero-order valence-corrected chi connectivity index (χ0v) is 8.04. The minimum atomic E-state index is 0.464. The smallest absolute Gasteiger partial charge is 0.154 e. The van der Waals surface area contributed by atoms with E-state index in [1.165, 1.54) is 0 Å². The number of nitrogens with zero attached hydrogens (tertiary/aromatic N) is 3. The first-order valence-corrected chi connectivity index (χ1v) is 4.52. The average molecular weight is 198 g/mol. The maximum atomic E-state index is 5.53. The summed E-state index contributed by atoms with van der Waals surface area (Å²) in [6.07, 6.45) is 3.37. The molecule has 74 valence electrons. The SMILES string of the molecule is Nc1cccc(N=Cc2ccccn2)n1. The number of aromatic nitrogens is 2. The first-order chi connectivity index (χ1) is 7.34. The van der Waals surface area contributed by atoms with E-state index in [1.54, 1.807) is 24.5 Å². The van der Waals surface area contributed by atoms with Crippen LogP contribution in [0.15, 0.2) is 47.6 Å². The van der Waals surface area contributed by atoms with E-state index in [0.29, 0.717) is 11.6 Å². The highest BCUT2D eigenvalue weighted by Crippen LogP contribution is 2.09. The van der Waals surface area contributed by atoms with Gasteiger partial charge in [-0.1, -0.05) is 12.1 Å². The first kappa shape index (κ1) is 9.33. The molecule has 2 N–H and O–H groups in total. The quantitative estimate of drug-likeness (QED) is 0.748. The third kappa shape index (κ3) is 2.60. The van der Waals surface area contributed by atoms with Crippen LogP contribution >= 0.6 is 0 Å². The molecule has 0 spiro atoms. The molecule has 0 aliphatic heterocycles. The summed E-state index contributed by atoms with van der Waals surface area (Å²) in [5.74, 6) is 1.05. The van der Waals surface area contributed by atoms with Gasteiger partial charge in [-0.2, -0.15) is 0 Å². The molecule has 0 saturated heterocycles. The van der Waals surface area contributed by atoms with Gasteiger partial charge >= 0.3 is 0 Å². The van der Waals surface area contributed by atoms with Gasteiger partial charge < -0.3 is 5.73 Å². The van der Waals surface area contributed by atoms with Crippen LogP contribution in [0.25, 0.3) is 0 Å². The van der Waals surface area contributed by atoms with Crippen molar-refractivity contribution in [2.24, 2.45) is 4.99 Å². The van der Waals surface area contributed by atoms with E-state index >= 15 is 0 Å². The van der Waals surface area contributed by atoms with Crippen LogP contribution in [-0.2, 0) is 0 Å². The van der Waals surface area contributed by atoms with Crippen molar-refractivity contribution in [2.75, 3.05) is 5.73 Å². The minimum absolute atomic E-state index is 0.464. The zero-order valence-electron chi connectivity index (χ0n) is 8.04. The number of hydrogen-bond acceptors (Lipinski definition) is 4. The molecule has 2 aromatic heterocycles. The highest BCUT2D eigenvalue weighted by atomic mass is 14.9. The summed E-state index contributed by atoms with van der Waals surface area (Å²) < 4.78 is 0. The molecular formula is C11H10N4. The van der Waals surface area contributed by atoms with Crippen LogP contribution in [0.3, 0.4) is 0 Å². The van der Waals surface area contributed by atoms with Crippen molar-refractivity contribution >= 4 is 17.9 Å². The third-order valence-corrected chi connectivity index (χ3v) is 1.77. The van der Waals surface area contributed by atoms with Crippen molar-refractivity contribution in [2.45, 2.75) is 0 Å². The molecule has 2 rings (SSSR count). The average Bonchev–Trinajstić information content (AvgIpc) is 2.28. The van der Waals surface area contributed by atoms with Crippen LogP contribution in [0.1, 0.15) is 5.69 Å². The van der Waals surface area contributed by atoms with E-state index in [1.807, 2.05) is 24.3 Å². The molecule has 2 aromatic rings. The van der Waals surface area contributed by atoms with Gasteiger partial charge in [0.15, 0.2) is 5.82 Å². The fourth-order valence-corrected chi connectivity index (χ4v) is 1.10. The second-order valence-corrected chi connectivity index (χ2v) is 2.93. The van der Waals surface area contributed by atoms with Gasteiger partial charge in [-0.15, -0.1) is 0 Å². The summed E-state index contributed by atoms with van der Waals surface area (Å²) in [5.41, 5.74) is 6.32. The Hall–Kier alpha value is -2.23. The Kier molecular flexibility index (Phi) is 2.69. The largest absolute Gasteiger partial charge is 0.384 e. The van der Waals surface area contributed by atoms with Gasteiger partial charge in [0, 0.05) is 6.20 Å². The Morgan fingerprint density at radius 1 is 1.13 bits per heavy atom. The summed E-state index contributed by atoms with van der Waals surface area (Å²) in [6.45, 7) is 0. The van der Waals surface area contributed by atoms with E-state index in [9.17, 15) is 0 Å². The van der Waals surface area contributed by atoms with E-state index in [0.717, 1.165) is 5.69 Å². The van der Waals surface area contributed by atoms with Gasteiger partial charge in [-0.05, 0) is 24.3 Å². The number of nitrogens with two attached hydrogens (primary N) is 1. The lowest BCUT2D eigenvalue weighted by molar-refractivity contribution is 1.27. The summed E-state index contributed by atoms with van der Waals surface area (Å²) >= 11 is 0. The topological polar surface area (TPSA) is 64.2 Å². The van der Waals surface area contributed by atoms with Gasteiger partial charge in [0.25, 0.3) is 0 Å². The van der Waals surface area contributed by atoms with Crippen LogP contribution in [0.4, 0.5) is 11.6 Å². The Morgan fingerprint density at radius 3 is 2.80 bits per heavy atom. The first-order valence-electron chi connectivity index (χ1n) is 4.52. The van der Waals surface area contributed by atoms with Crippen LogP contribution in [0.2, 0.25) is 0 Å². The Bertz CT molecular complexity index is 465. The standard InChI is InChI=1S/C11H10N4/c12-10-5-3-6-11(15-10)14-8-9-4-1-2-7-13-9/h1-8H,(H2,12,15). The predicted molar refractivity (Wildman–Crippen MR) is 60.1 cm³/mol. The molecule has 0 aliphatic carbocycles. The molecule has 15 heavy (non-hydrogen) atoms. The molecule has 0 saturated carbocycles. The summed E-state index contributed by atoms with van der Waals surface area (Å²) in [6, 6.07) is 11.0. The van der Waals surface area contributed by atoms with Crippen LogP contribution in [0.5, 0.6) is 0 Å². The lowest BCUT2D eigenvalue weighted by Crippen LogP contribution is -1.89. The van der Waals surface area contributed by atoms with Crippen molar-refractivity contribution in [1.29, 1.82) is 0 Å². The van der Waals surface area contributed by atoms with Gasteiger partial charge in [0.2, 0.25) is 0 Å². The van der Waals surface area contributed by atoms with Gasteiger partial charge in [0.05, 0.1) is 11.9 Å². The molecule has 2 heterocycles. The van der Waals surface area contributed by atoms with E-state index in [4.69, 9.17) is 5.73 Å². The van der Waals surface area contributed by atoms with Gasteiger partial charge in [0.1, 0.15) is 5.82 Å². The molecular weight excluding hydrogens is 188 g/mol. The summed E-state index contributed by atoms with van der Waals surface area (Å²) in [5, 5.41) is 0. The molecule has 0 bridgehead atoms. The lowest BCUT2D eigenvalue weighted by atomic mass is 10.4. The van der Waals surface area contributed by atoms with Crippen LogP contribution in [-0.4, -0.2) is 16.2 Å². The van der Waals surface area contributed by atoms with Gasteiger partial charge in [-0.3, -0.25) is 4.98 Å². The normalized spacial score (nSPS) is 10.7. The fourth-order valence-electron chi connectivity index (χ4n) is 1.10. The number of rotatable bonds is 2. The number of hydrogen-bond donors (Lipinski definition) is 1. The Balaban J connectivity index is 2.19. The second kappa shape index (κ2) is 4.32. The van der Waals surface area contributed by atoms with Crippen molar-refractivity contribution < 1.29 is 0 Å². The number of aliphatic imine (C=N–C) groups is 1. The molecule has 0 aliphatic rings. The van der Waals surface area contributed by atoms with Crippen LogP contribution in [0, 0.1) is 0 Å². The number of anilines is 1. The predicted octanol–water partition coefficient (Wildman–Crippen LogP) is 1.81. The Morgan fingerprint density at radius 2 is 2.07 bits per heavy atom. The molecule has 0 aromatic carbocycles. The van der Waals surface area contributed by atoms with Crippen molar-refractivity contribution in [3.8, 4) is 0 Å². The van der Waals surface area contributed by atoms with Crippen molar-refractivity contribution in [1.82, 2.24) is 9.97 Å². The number of pyridine rings is 2. The van der Waals surface area contributed by atoms with E-state index < -0.39 is 0 Å². The highest BCUT2D eigenvalue weighted by molar-refractivity contribution is 5.78. The molecule has 4 heteroatoms. The molecule has 4 nitrogen and oxygen atoms in total. The monoisotopic (exact) mass is 198 g/mol. The van der Waals surface area contributed by atoms with E-state index in [-0.39, 0.29) is 0 Å². The molecule has 0 radical (unpaired) electrons. The zero-order chi connectivity index (χ0) is 10.5. The van der Waals surface area contributed by atoms with Crippen molar-refractivity contribution in [3.63, 3.8) is 0 Å². The fraction of sp³-hybridized carbons (Fsp3) is 0. The van der Waals surface area contributed by atoms with Gasteiger partial charge in [-0.25, -0.2) is 9.98 Å². The molecule has 0 amide bonds. The summed E-state index contributed by atoms with van der Waals surface area (Å²) in [4.78, 5) is 12.3. The van der Waals surface area contributed by atoms with Crippen molar-refractivity contribution in [3.05, 3.63) is 48.3 Å². The highest BCUT2D eigenvalue weighted by Gasteiger charge is 1.91. The van der Waals surface area contributed by atoms with E-state index in [2.05, 4.69) is 15.0 Å². The lowest BCUT2D eigenvalue weighted by Gasteiger charge is -1.94. The Labute approximate surface area is 87.5 Å². The maximum Gasteiger partial charge on any atom is 0.154 e. The summed E-state index contributed by atoms with van der Waals surface area (Å²) in [7, 11) is 0. The molecule has 0 fully saturated rings. The van der Waals surface area contributed by atoms with Crippen LogP contribution < -0.4 is 5.73 Å². The molecule has 0 atom stereocenters. The minimum Gasteiger partial charge on any atom is -0.384 e.